The summed E-state index contributed by atoms with van der Waals surface area (Å²) in [7, 11) is 1.67. The number of ether oxygens (including phenoxy) is 1. The van der Waals surface area contributed by atoms with Gasteiger partial charge in [-0.25, -0.2) is 0 Å². The lowest BCUT2D eigenvalue weighted by Gasteiger charge is -2.42. The molecule has 0 atom stereocenters. The molecule has 1 rings (SSSR count). The van der Waals surface area contributed by atoms with Crippen LogP contribution in [0.5, 0.6) is 0 Å². The van der Waals surface area contributed by atoms with Gasteiger partial charge in [-0.15, -0.1) is 0 Å². The SMILES string of the molecule is COCCN(C(=O)CBr)C1=CC(C)(C)CC(C)(C)C1. The summed E-state index contributed by atoms with van der Waals surface area (Å²) in [4.78, 5) is 14.0. The van der Waals surface area contributed by atoms with E-state index in [1.54, 1.807) is 7.11 Å². The van der Waals surface area contributed by atoms with Gasteiger partial charge >= 0.3 is 0 Å². The van der Waals surface area contributed by atoms with Gasteiger partial charge in [0, 0.05) is 19.4 Å². The van der Waals surface area contributed by atoms with Crippen LogP contribution in [0.4, 0.5) is 0 Å². The molecule has 0 radical (unpaired) electrons. The van der Waals surface area contributed by atoms with Crippen LogP contribution in [0.25, 0.3) is 0 Å². The van der Waals surface area contributed by atoms with Gasteiger partial charge in [0.2, 0.25) is 5.91 Å². The third kappa shape index (κ3) is 4.92. The van der Waals surface area contributed by atoms with Crippen molar-refractivity contribution in [2.24, 2.45) is 10.8 Å². The minimum absolute atomic E-state index is 0.108. The van der Waals surface area contributed by atoms with Crippen LogP contribution in [0.3, 0.4) is 0 Å². The fraction of sp³-hybridized carbons (Fsp3) is 0.800. The van der Waals surface area contributed by atoms with Crippen molar-refractivity contribution in [1.82, 2.24) is 4.90 Å². The molecule has 4 heteroatoms. The highest BCUT2D eigenvalue weighted by Crippen LogP contribution is 2.45. The summed E-state index contributed by atoms with van der Waals surface area (Å²) < 4.78 is 5.13. The van der Waals surface area contributed by atoms with Crippen molar-refractivity contribution in [3.63, 3.8) is 0 Å². The molecule has 0 unspecified atom stereocenters. The average Bonchev–Trinajstić information content (AvgIpc) is 2.25. The molecule has 0 fully saturated rings. The van der Waals surface area contributed by atoms with Crippen LogP contribution in [0.1, 0.15) is 40.5 Å². The molecule has 0 saturated heterocycles. The zero-order valence-corrected chi connectivity index (χ0v) is 14.3. The van der Waals surface area contributed by atoms with E-state index in [0.29, 0.717) is 18.5 Å². The lowest BCUT2D eigenvalue weighted by atomic mass is 9.68. The Morgan fingerprint density at radius 1 is 1.42 bits per heavy atom. The second kappa shape index (κ2) is 6.40. The number of carbonyl (C=O) groups excluding carboxylic acids is 1. The van der Waals surface area contributed by atoms with E-state index in [-0.39, 0.29) is 16.7 Å². The van der Waals surface area contributed by atoms with Crippen LogP contribution in [0.15, 0.2) is 11.8 Å². The van der Waals surface area contributed by atoms with Crippen molar-refractivity contribution in [3.8, 4) is 0 Å². The highest BCUT2D eigenvalue weighted by atomic mass is 79.9. The number of amides is 1. The summed E-state index contributed by atoms with van der Waals surface area (Å²) in [6, 6.07) is 0. The Labute approximate surface area is 125 Å². The molecule has 110 valence electrons. The third-order valence-corrected chi connectivity index (χ3v) is 3.91. The smallest absolute Gasteiger partial charge is 0.237 e. The zero-order chi connectivity index (χ0) is 14.7. The molecular weight excluding hydrogens is 306 g/mol. The van der Waals surface area contributed by atoms with Crippen LogP contribution in [-0.2, 0) is 9.53 Å². The Morgan fingerprint density at radius 3 is 2.53 bits per heavy atom. The molecule has 0 aromatic heterocycles. The Balaban J connectivity index is 3.00. The van der Waals surface area contributed by atoms with Gasteiger partial charge < -0.3 is 9.64 Å². The third-order valence-electron chi connectivity index (χ3n) is 3.43. The normalized spacial score (nSPS) is 20.8. The van der Waals surface area contributed by atoms with E-state index in [1.807, 2.05) is 4.90 Å². The molecular formula is C15H26BrNO2. The molecule has 0 aromatic carbocycles. The molecule has 0 aromatic rings. The highest BCUT2D eigenvalue weighted by Gasteiger charge is 2.35. The maximum atomic E-state index is 12.1. The average molecular weight is 332 g/mol. The maximum absolute atomic E-state index is 12.1. The van der Waals surface area contributed by atoms with E-state index in [9.17, 15) is 4.79 Å². The molecule has 1 amide bonds. The Bertz CT molecular complexity index is 361. The fourth-order valence-electron chi connectivity index (χ4n) is 3.20. The van der Waals surface area contributed by atoms with Crippen molar-refractivity contribution in [2.75, 3.05) is 25.6 Å². The van der Waals surface area contributed by atoms with Gasteiger partial charge in [-0.05, 0) is 23.7 Å². The molecule has 0 spiro atoms. The molecule has 0 aliphatic heterocycles. The monoisotopic (exact) mass is 331 g/mol. The van der Waals surface area contributed by atoms with Crippen LogP contribution >= 0.6 is 15.9 Å². The quantitative estimate of drug-likeness (QED) is 0.720. The second-order valence-electron chi connectivity index (χ2n) is 6.81. The number of rotatable bonds is 5. The van der Waals surface area contributed by atoms with E-state index in [2.05, 4.69) is 49.7 Å². The molecule has 1 aliphatic rings. The number of carbonyl (C=O) groups is 1. The van der Waals surface area contributed by atoms with E-state index in [4.69, 9.17) is 4.74 Å². The molecule has 3 nitrogen and oxygen atoms in total. The van der Waals surface area contributed by atoms with Crippen LogP contribution in [-0.4, -0.2) is 36.4 Å². The first-order valence-corrected chi connectivity index (χ1v) is 7.90. The van der Waals surface area contributed by atoms with E-state index < -0.39 is 0 Å². The van der Waals surface area contributed by atoms with Crippen molar-refractivity contribution in [2.45, 2.75) is 40.5 Å². The number of methoxy groups -OCH3 is 1. The molecule has 19 heavy (non-hydrogen) atoms. The van der Waals surface area contributed by atoms with Gasteiger partial charge in [-0.1, -0.05) is 49.7 Å². The predicted octanol–water partition coefficient (Wildman–Crippen LogP) is 3.59. The second-order valence-corrected chi connectivity index (χ2v) is 7.37. The summed E-state index contributed by atoms with van der Waals surface area (Å²) in [5.41, 5.74) is 1.50. The summed E-state index contributed by atoms with van der Waals surface area (Å²) in [6.07, 6.45) is 4.34. The first-order chi connectivity index (χ1) is 8.71. The summed E-state index contributed by atoms with van der Waals surface area (Å²) in [6.45, 7) is 10.2. The van der Waals surface area contributed by atoms with Gasteiger partial charge in [0.1, 0.15) is 0 Å². The van der Waals surface area contributed by atoms with Crippen molar-refractivity contribution >= 4 is 21.8 Å². The minimum atomic E-state index is 0.108. The van der Waals surface area contributed by atoms with E-state index in [0.717, 1.165) is 18.5 Å². The van der Waals surface area contributed by atoms with Gasteiger partial charge in [0.05, 0.1) is 11.9 Å². The topological polar surface area (TPSA) is 29.5 Å². The van der Waals surface area contributed by atoms with Crippen molar-refractivity contribution in [3.05, 3.63) is 11.8 Å². The van der Waals surface area contributed by atoms with Crippen LogP contribution in [0.2, 0.25) is 0 Å². The summed E-state index contributed by atoms with van der Waals surface area (Å²) in [5, 5.41) is 0.356. The van der Waals surface area contributed by atoms with Gasteiger partial charge in [0.25, 0.3) is 0 Å². The molecule has 0 bridgehead atoms. The predicted molar refractivity (Wildman–Crippen MR) is 82.3 cm³/mol. The Kier molecular flexibility index (Phi) is 5.63. The van der Waals surface area contributed by atoms with Crippen molar-refractivity contribution < 1.29 is 9.53 Å². The Morgan fingerprint density at radius 2 is 2.05 bits per heavy atom. The standard InChI is InChI=1S/C15H26BrNO2/c1-14(2)8-12(9-15(3,4)11-14)17(6-7-19-5)13(18)10-16/h8H,6-7,9-11H2,1-5H3. The van der Waals surface area contributed by atoms with Crippen molar-refractivity contribution in [1.29, 1.82) is 0 Å². The molecule has 0 N–H and O–H groups in total. The first kappa shape index (κ1) is 16.7. The summed E-state index contributed by atoms with van der Waals surface area (Å²) >= 11 is 3.27. The number of hydrogen-bond acceptors (Lipinski definition) is 2. The number of alkyl halides is 1. The summed E-state index contributed by atoms with van der Waals surface area (Å²) in [5.74, 6) is 0.108. The highest BCUT2D eigenvalue weighted by molar-refractivity contribution is 9.09. The number of hydrogen-bond donors (Lipinski definition) is 0. The zero-order valence-electron chi connectivity index (χ0n) is 12.8. The fourth-order valence-corrected chi connectivity index (χ4v) is 3.50. The molecule has 1 aliphatic carbocycles. The maximum Gasteiger partial charge on any atom is 0.237 e. The van der Waals surface area contributed by atoms with Gasteiger partial charge in [-0.2, -0.15) is 0 Å². The number of halogens is 1. The van der Waals surface area contributed by atoms with Gasteiger partial charge in [-0.3, -0.25) is 4.79 Å². The van der Waals surface area contributed by atoms with E-state index in [1.165, 1.54) is 0 Å². The molecule has 0 saturated carbocycles. The van der Waals surface area contributed by atoms with Gasteiger partial charge in [0.15, 0.2) is 0 Å². The molecule has 0 heterocycles. The number of allylic oxidation sites excluding steroid dienone is 2. The van der Waals surface area contributed by atoms with E-state index >= 15 is 0 Å². The first-order valence-electron chi connectivity index (χ1n) is 6.78. The lowest BCUT2D eigenvalue weighted by molar-refractivity contribution is -0.127. The van der Waals surface area contributed by atoms with Crippen LogP contribution < -0.4 is 0 Å². The minimum Gasteiger partial charge on any atom is -0.383 e. The number of nitrogens with zero attached hydrogens (tertiary/aromatic N) is 1. The Hall–Kier alpha value is -0.350. The lowest BCUT2D eigenvalue weighted by Crippen LogP contribution is -2.39. The van der Waals surface area contributed by atoms with Crippen LogP contribution in [0, 0.1) is 10.8 Å². The largest absolute Gasteiger partial charge is 0.383 e.